The molecule has 0 saturated carbocycles. The molecule has 0 radical (unpaired) electrons. The van der Waals surface area contributed by atoms with Crippen LogP contribution in [0.15, 0.2) is 41.1 Å². The standard InChI is InChI=1S/C20H27N3OS.ClH/c1-23(2)19(17-10-12-25-14-17)9-11-21-20(24)22-18-8-7-15-5-3-4-6-16(15)13-18;/h3-6,10,12,14,18-19H,7-9,11,13H2,1-2H3,(H2,21,22,24);1H/t18-,19-;/m1./s1. The topological polar surface area (TPSA) is 44.4 Å². The Labute approximate surface area is 166 Å². The smallest absolute Gasteiger partial charge is 0.315 e. The fourth-order valence-corrected chi connectivity index (χ4v) is 4.27. The molecule has 1 aliphatic rings. The van der Waals surface area contributed by atoms with Gasteiger partial charge in [0.1, 0.15) is 0 Å². The van der Waals surface area contributed by atoms with Crippen LogP contribution in [-0.2, 0) is 12.8 Å². The molecule has 4 nitrogen and oxygen atoms in total. The second-order valence-electron chi connectivity index (χ2n) is 6.93. The highest BCUT2D eigenvalue weighted by molar-refractivity contribution is 7.07. The Bertz CT molecular complexity index is 690. The zero-order valence-electron chi connectivity index (χ0n) is 15.4. The molecule has 0 bridgehead atoms. The van der Waals surface area contributed by atoms with Crippen molar-refractivity contribution in [3.63, 3.8) is 0 Å². The second kappa shape index (κ2) is 9.95. The Morgan fingerprint density at radius 3 is 2.73 bits per heavy atom. The molecule has 1 heterocycles. The number of carbonyl (C=O) groups is 1. The summed E-state index contributed by atoms with van der Waals surface area (Å²) in [7, 11) is 4.17. The van der Waals surface area contributed by atoms with Crippen molar-refractivity contribution >= 4 is 29.8 Å². The van der Waals surface area contributed by atoms with Crippen LogP contribution in [0.2, 0.25) is 0 Å². The molecule has 26 heavy (non-hydrogen) atoms. The summed E-state index contributed by atoms with van der Waals surface area (Å²) >= 11 is 1.72. The molecule has 0 aliphatic heterocycles. The summed E-state index contributed by atoms with van der Waals surface area (Å²) in [6.07, 6.45) is 3.89. The van der Waals surface area contributed by atoms with Crippen LogP contribution in [-0.4, -0.2) is 37.6 Å². The third-order valence-electron chi connectivity index (χ3n) is 4.94. The minimum Gasteiger partial charge on any atom is -0.338 e. The van der Waals surface area contributed by atoms with Crippen LogP contribution in [0.25, 0.3) is 0 Å². The maximum absolute atomic E-state index is 12.2. The fourth-order valence-electron chi connectivity index (χ4n) is 3.57. The Kier molecular flexibility index (Phi) is 7.94. The molecule has 3 rings (SSSR count). The first-order valence-electron chi connectivity index (χ1n) is 8.93. The van der Waals surface area contributed by atoms with E-state index in [2.05, 4.69) is 70.7 Å². The number of amides is 2. The average Bonchev–Trinajstić information content (AvgIpc) is 3.12. The van der Waals surface area contributed by atoms with Crippen LogP contribution in [0.5, 0.6) is 0 Å². The van der Waals surface area contributed by atoms with E-state index < -0.39 is 0 Å². The van der Waals surface area contributed by atoms with Gasteiger partial charge in [-0.25, -0.2) is 4.79 Å². The quantitative estimate of drug-likeness (QED) is 0.778. The molecule has 0 saturated heterocycles. The van der Waals surface area contributed by atoms with Crippen molar-refractivity contribution in [2.24, 2.45) is 0 Å². The van der Waals surface area contributed by atoms with E-state index in [1.54, 1.807) is 11.3 Å². The largest absolute Gasteiger partial charge is 0.338 e. The zero-order chi connectivity index (χ0) is 17.6. The van der Waals surface area contributed by atoms with Gasteiger partial charge < -0.3 is 15.5 Å². The van der Waals surface area contributed by atoms with Gasteiger partial charge in [-0.15, -0.1) is 12.4 Å². The Hall–Kier alpha value is -1.56. The van der Waals surface area contributed by atoms with Crippen LogP contribution in [0.4, 0.5) is 4.79 Å². The number of nitrogens with zero attached hydrogens (tertiary/aromatic N) is 1. The number of carbonyl (C=O) groups excluding carboxylic acids is 1. The van der Waals surface area contributed by atoms with Crippen LogP contribution in [0, 0.1) is 0 Å². The number of benzene rings is 1. The van der Waals surface area contributed by atoms with Gasteiger partial charge >= 0.3 is 6.03 Å². The van der Waals surface area contributed by atoms with E-state index in [4.69, 9.17) is 0 Å². The highest BCUT2D eigenvalue weighted by Crippen LogP contribution is 2.24. The van der Waals surface area contributed by atoms with Gasteiger partial charge in [0.25, 0.3) is 0 Å². The van der Waals surface area contributed by atoms with Gasteiger partial charge in [0, 0.05) is 18.6 Å². The summed E-state index contributed by atoms with van der Waals surface area (Å²) in [5.41, 5.74) is 4.11. The van der Waals surface area contributed by atoms with Crippen molar-refractivity contribution in [2.45, 2.75) is 37.8 Å². The third kappa shape index (κ3) is 5.47. The van der Waals surface area contributed by atoms with E-state index in [0.29, 0.717) is 12.6 Å². The van der Waals surface area contributed by atoms with E-state index in [-0.39, 0.29) is 24.5 Å². The van der Waals surface area contributed by atoms with Crippen molar-refractivity contribution in [3.05, 3.63) is 57.8 Å². The molecule has 0 spiro atoms. The molecule has 142 valence electrons. The van der Waals surface area contributed by atoms with E-state index >= 15 is 0 Å². The lowest BCUT2D eigenvalue weighted by Crippen LogP contribution is -2.45. The van der Waals surface area contributed by atoms with Gasteiger partial charge in [0.05, 0.1) is 0 Å². The second-order valence-corrected chi connectivity index (χ2v) is 7.71. The minimum atomic E-state index is -0.0489. The molecule has 6 heteroatoms. The first-order chi connectivity index (χ1) is 12.1. The monoisotopic (exact) mass is 393 g/mol. The number of aryl methyl sites for hydroxylation is 1. The van der Waals surface area contributed by atoms with Crippen molar-refractivity contribution in [3.8, 4) is 0 Å². The molecular weight excluding hydrogens is 366 g/mol. The molecule has 1 aromatic carbocycles. The normalized spacial score (nSPS) is 17.1. The average molecular weight is 394 g/mol. The van der Waals surface area contributed by atoms with E-state index in [1.165, 1.54) is 16.7 Å². The van der Waals surface area contributed by atoms with Crippen LogP contribution >= 0.6 is 23.7 Å². The lowest BCUT2D eigenvalue weighted by atomic mass is 9.88. The van der Waals surface area contributed by atoms with E-state index in [1.807, 2.05) is 0 Å². The molecule has 2 aromatic rings. The molecule has 2 amide bonds. The number of thiophene rings is 1. The Morgan fingerprint density at radius 2 is 2.04 bits per heavy atom. The maximum atomic E-state index is 12.2. The number of hydrogen-bond acceptors (Lipinski definition) is 3. The number of halogens is 1. The molecule has 0 fully saturated rings. The van der Waals surface area contributed by atoms with Gasteiger partial charge in [-0.05, 0) is 73.3 Å². The highest BCUT2D eigenvalue weighted by Gasteiger charge is 2.20. The highest BCUT2D eigenvalue weighted by atomic mass is 35.5. The first kappa shape index (κ1) is 20.7. The summed E-state index contributed by atoms with van der Waals surface area (Å²) in [4.78, 5) is 14.4. The molecule has 1 aliphatic carbocycles. The van der Waals surface area contributed by atoms with Crippen LogP contribution in [0.1, 0.15) is 35.6 Å². The summed E-state index contributed by atoms with van der Waals surface area (Å²) in [5, 5.41) is 10.5. The van der Waals surface area contributed by atoms with Crippen molar-refractivity contribution in [1.29, 1.82) is 0 Å². The Morgan fingerprint density at radius 1 is 1.27 bits per heavy atom. The van der Waals surface area contributed by atoms with Gasteiger partial charge in [-0.1, -0.05) is 24.3 Å². The van der Waals surface area contributed by atoms with Gasteiger partial charge in [-0.3, -0.25) is 0 Å². The zero-order valence-corrected chi connectivity index (χ0v) is 17.0. The predicted octanol–water partition coefficient (Wildman–Crippen LogP) is 4.02. The number of urea groups is 1. The molecule has 2 N–H and O–H groups in total. The summed E-state index contributed by atoms with van der Waals surface area (Å²) < 4.78 is 0. The molecular formula is C20H28ClN3OS. The van der Waals surface area contributed by atoms with Gasteiger partial charge in [-0.2, -0.15) is 11.3 Å². The summed E-state index contributed by atoms with van der Waals surface area (Å²) in [6, 6.07) is 11.2. The number of rotatable bonds is 6. The van der Waals surface area contributed by atoms with Crippen molar-refractivity contribution in [2.75, 3.05) is 20.6 Å². The summed E-state index contributed by atoms with van der Waals surface area (Å²) in [6.45, 7) is 0.674. The van der Waals surface area contributed by atoms with Crippen LogP contribution < -0.4 is 10.6 Å². The SMILES string of the molecule is CN(C)[C@H](CCNC(=O)N[C@@H]1CCc2ccccc2C1)c1ccsc1.Cl. The van der Waals surface area contributed by atoms with Crippen molar-refractivity contribution in [1.82, 2.24) is 15.5 Å². The molecule has 2 atom stereocenters. The minimum absolute atomic E-state index is 0. The predicted molar refractivity (Wildman–Crippen MR) is 111 cm³/mol. The van der Waals surface area contributed by atoms with E-state index in [0.717, 1.165) is 25.7 Å². The van der Waals surface area contributed by atoms with Gasteiger partial charge in [0.15, 0.2) is 0 Å². The Balaban J connectivity index is 0.00000243. The van der Waals surface area contributed by atoms with Crippen LogP contribution in [0.3, 0.4) is 0 Å². The maximum Gasteiger partial charge on any atom is 0.315 e. The van der Waals surface area contributed by atoms with E-state index in [9.17, 15) is 4.79 Å². The fraction of sp³-hybridized carbons (Fsp3) is 0.450. The number of hydrogen-bond donors (Lipinski definition) is 2. The molecule has 0 unspecified atom stereocenters. The summed E-state index contributed by atoms with van der Waals surface area (Å²) in [5.74, 6) is 0. The van der Waals surface area contributed by atoms with Gasteiger partial charge in [0.2, 0.25) is 0 Å². The van der Waals surface area contributed by atoms with Crippen molar-refractivity contribution < 1.29 is 4.79 Å². The number of fused-ring (bicyclic) bond motifs is 1. The lowest BCUT2D eigenvalue weighted by Gasteiger charge is -2.26. The third-order valence-corrected chi connectivity index (χ3v) is 5.64. The molecule has 1 aromatic heterocycles. The first-order valence-corrected chi connectivity index (χ1v) is 9.87. The number of nitrogens with one attached hydrogen (secondary N) is 2. The lowest BCUT2D eigenvalue weighted by molar-refractivity contribution is 0.232.